The van der Waals surface area contributed by atoms with Crippen LogP contribution in [0.2, 0.25) is 0 Å². The highest BCUT2D eigenvalue weighted by Crippen LogP contribution is 2.40. The minimum Gasteiger partial charge on any atom is -0.228 e. The summed E-state index contributed by atoms with van der Waals surface area (Å²) in [5.74, 6) is 0.723. The zero-order valence-electron chi connectivity index (χ0n) is 36.9. The first-order valence-electron chi connectivity index (χ1n) is 20.4. The topological polar surface area (TPSA) is 25.8 Å². The number of hydrogen-bond acceptors (Lipinski definition) is 2. The largest absolute Gasteiger partial charge is 0.228 e. The molecule has 0 N–H and O–H groups in total. The number of aromatic nitrogens is 2. The van der Waals surface area contributed by atoms with Gasteiger partial charge in [0.2, 0.25) is 0 Å². The molecule has 56 heavy (non-hydrogen) atoms. The van der Waals surface area contributed by atoms with Gasteiger partial charge in [-0.05, 0) is 101 Å². The standard InChI is InChI=1S/C54H64N2/c1-50(2,3)42-26-38(40-29-45(53(10,11)12)33-46(30-40)54(13,14)15)25-41(31-42)48-34-47(55-49(56-48)35-20-17-16-18-21-35)37-23-19-22-36(24-37)39-27-43(51(4,5)6)32-44(28-39)52(7,8)9/h16-34H,1-15H3. The van der Waals surface area contributed by atoms with E-state index in [-0.39, 0.29) is 27.1 Å². The molecule has 5 aromatic carbocycles. The Morgan fingerprint density at radius 2 is 0.589 bits per heavy atom. The summed E-state index contributed by atoms with van der Waals surface area (Å²) in [5.41, 5.74) is 16.5. The fraction of sp³-hybridized carbons (Fsp3) is 0.370. The van der Waals surface area contributed by atoms with Crippen LogP contribution in [0, 0.1) is 0 Å². The molecule has 0 aliphatic carbocycles. The molecule has 2 nitrogen and oxygen atoms in total. The van der Waals surface area contributed by atoms with Crippen LogP contribution in [0.4, 0.5) is 0 Å². The van der Waals surface area contributed by atoms with Gasteiger partial charge < -0.3 is 0 Å². The highest BCUT2D eigenvalue weighted by molar-refractivity contribution is 5.79. The van der Waals surface area contributed by atoms with Crippen molar-refractivity contribution in [1.29, 1.82) is 0 Å². The summed E-state index contributed by atoms with van der Waals surface area (Å²) in [6.45, 7) is 34.5. The molecule has 6 rings (SSSR count). The van der Waals surface area contributed by atoms with Gasteiger partial charge in [0.1, 0.15) is 0 Å². The first-order chi connectivity index (χ1) is 25.9. The lowest BCUT2D eigenvalue weighted by molar-refractivity contribution is 0.568. The van der Waals surface area contributed by atoms with Crippen molar-refractivity contribution < 1.29 is 0 Å². The minimum absolute atomic E-state index is 0.0174. The second kappa shape index (κ2) is 14.6. The minimum atomic E-state index is -0.0702. The van der Waals surface area contributed by atoms with Crippen LogP contribution >= 0.6 is 0 Å². The van der Waals surface area contributed by atoms with E-state index >= 15 is 0 Å². The van der Waals surface area contributed by atoms with E-state index in [2.05, 4.69) is 213 Å². The third-order valence-electron chi connectivity index (χ3n) is 11.0. The maximum Gasteiger partial charge on any atom is 0.160 e. The van der Waals surface area contributed by atoms with Gasteiger partial charge in [0.05, 0.1) is 11.4 Å². The second-order valence-corrected chi connectivity index (χ2v) is 21.1. The van der Waals surface area contributed by atoms with Gasteiger partial charge in [0.25, 0.3) is 0 Å². The molecule has 6 aromatic rings. The molecule has 0 radical (unpaired) electrons. The third-order valence-corrected chi connectivity index (χ3v) is 11.0. The molecule has 0 unspecified atom stereocenters. The molecule has 0 spiro atoms. The van der Waals surface area contributed by atoms with E-state index in [1.807, 2.05) is 6.07 Å². The Kier molecular flexibility index (Phi) is 10.6. The summed E-state index contributed by atoms with van der Waals surface area (Å²) in [5, 5.41) is 0. The predicted octanol–water partition coefficient (Wildman–Crippen LogP) is 15.3. The van der Waals surface area contributed by atoms with E-state index < -0.39 is 0 Å². The fourth-order valence-electron chi connectivity index (χ4n) is 7.01. The maximum atomic E-state index is 5.32. The summed E-state index contributed by atoms with van der Waals surface area (Å²) < 4.78 is 0. The summed E-state index contributed by atoms with van der Waals surface area (Å²) in [4.78, 5) is 10.6. The first kappa shape index (κ1) is 40.8. The van der Waals surface area contributed by atoms with Crippen molar-refractivity contribution in [2.75, 3.05) is 0 Å². The molecule has 0 aliphatic heterocycles. The molecule has 290 valence electrons. The zero-order valence-corrected chi connectivity index (χ0v) is 36.9. The lowest BCUT2D eigenvalue weighted by atomic mass is 9.78. The Labute approximate surface area is 338 Å². The van der Waals surface area contributed by atoms with E-state index in [9.17, 15) is 0 Å². The molecular weight excluding hydrogens is 677 g/mol. The lowest BCUT2D eigenvalue weighted by Crippen LogP contribution is -2.16. The molecule has 0 atom stereocenters. The van der Waals surface area contributed by atoms with Gasteiger partial charge in [-0.3, -0.25) is 0 Å². The van der Waals surface area contributed by atoms with E-state index in [0.717, 1.165) is 33.9 Å². The molecule has 0 amide bonds. The van der Waals surface area contributed by atoms with Crippen LogP contribution in [0.5, 0.6) is 0 Å². The average molecular weight is 741 g/mol. The van der Waals surface area contributed by atoms with Crippen molar-refractivity contribution >= 4 is 0 Å². The Morgan fingerprint density at radius 1 is 0.268 bits per heavy atom. The van der Waals surface area contributed by atoms with Crippen molar-refractivity contribution in [1.82, 2.24) is 9.97 Å². The van der Waals surface area contributed by atoms with Crippen LogP contribution in [0.25, 0.3) is 56.2 Å². The van der Waals surface area contributed by atoms with Crippen LogP contribution < -0.4 is 0 Å². The van der Waals surface area contributed by atoms with Crippen LogP contribution in [0.1, 0.15) is 132 Å². The van der Waals surface area contributed by atoms with E-state index in [1.165, 1.54) is 50.1 Å². The van der Waals surface area contributed by atoms with Gasteiger partial charge in [-0.1, -0.05) is 195 Å². The van der Waals surface area contributed by atoms with Gasteiger partial charge in [0, 0.05) is 16.7 Å². The van der Waals surface area contributed by atoms with Crippen LogP contribution in [-0.2, 0) is 27.1 Å². The van der Waals surface area contributed by atoms with Crippen molar-refractivity contribution in [3.05, 3.63) is 143 Å². The fourth-order valence-corrected chi connectivity index (χ4v) is 7.01. The summed E-state index contributed by atoms with van der Waals surface area (Å²) >= 11 is 0. The molecular formula is C54H64N2. The van der Waals surface area contributed by atoms with Gasteiger partial charge in [-0.15, -0.1) is 0 Å². The molecule has 1 heterocycles. The van der Waals surface area contributed by atoms with E-state index in [1.54, 1.807) is 0 Å². The third kappa shape index (κ3) is 9.24. The normalized spacial score (nSPS) is 12.9. The number of rotatable bonds is 5. The van der Waals surface area contributed by atoms with Crippen molar-refractivity contribution in [2.24, 2.45) is 0 Å². The SMILES string of the molecule is CC(C)(C)c1cc(-c2cc(C(C)(C)C)cc(C(C)(C)C)c2)cc(-c2cc(-c3cccc(-c4cc(C(C)(C)C)cc(C(C)(C)C)c4)c3)nc(-c3ccccc3)n2)c1. The Hall–Kier alpha value is -4.82. The molecule has 0 aliphatic rings. The molecule has 0 bridgehead atoms. The first-order valence-corrected chi connectivity index (χ1v) is 20.4. The summed E-state index contributed by atoms with van der Waals surface area (Å²) in [6.07, 6.45) is 0. The van der Waals surface area contributed by atoms with Gasteiger partial charge in [0.15, 0.2) is 5.82 Å². The Bertz CT molecular complexity index is 2290. The van der Waals surface area contributed by atoms with Gasteiger partial charge >= 0.3 is 0 Å². The summed E-state index contributed by atoms with van der Waals surface area (Å²) in [7, 11) is 0. The average Bonchev–Trinajstić information content (AvgIpc) is 3.12. The smallest absolute Gasteiger partial charge is 0.160 e. The van der Waals surface area contributed by atoms with E-state index in [0.29, 0.717) is 0 Å². The number of nitrogens with zero attached hydrogens (tertiary/aromatic N) is 2. The molecule has 0 saturated heterocycles. The number of hydrogen-bond donors (Lipinski definition) is 0. The number of benzene rings is 5. The van der Waals surface area contributed by atoms with Crippen molar-refractivity contribution in [3.63, 3.8) is 0 Å². The molecule has 2 heteroatoms. The van der Waals surface area contributed by atoms with Gasteiger partial charge in [-0.2, -0.15) is 0 Å². The highest BCUT2D eigenvalue weighted by atomic mass is 14.9. The Morgan fingerprint density at radius 3 is 1.04 bits per heavy atom. The quantitative estimate of drug-likeness (QED) is 0.176. The van der Waals surface area contributed by atoms with Crippen molar-refractivity contribution in [3.8, 4) is 56.2 Å². The van der Waals surface area contributed by atoms with E-state index in [4.69, 9.17) is 9.97 Å². The molecule has 0 fully saturated rings. The monoisotopic (exact) mass is 741 g/mol. The van der Waals surface area contributed by atoms with Gasteiger partial charge in [-0.25, -0.2) is 9.97 Å². The molecule has 0 saturated carbocycles. The van der Waals surface area contributed by atoms with Crippen LogP contribution in [-0.4, -0.2) is 9.97 Å². The Balaban J connectivity index is 1.58. The highest BCUT2D eigenvalue weighted by Gasteiger charge is 2.24. The maximum absolute atomic E-state index is 5.32. The van der Waals surface area contributed by atoms with Crippen LogP contribution in [0.15, 0.2) is 115 Å². The second-order valence-electron chi connectivity index (χ2n) is 21.1. The predicted molar refractivity (Wildman–Crippen MR) is 243 cm³/mol. The van der Waals surface area contributed by atoms with Crippen LogP contribution in [0.3, 0.4) is 0 Å². The summed E-state index contributed by atoms with van der Waals surface area (Å²) in [6, 6.07) is 42.9. The molecule has 1 aromatic heterocycles. The van der Waals surface area contributed by atoms with Crippen molar-refractivity contribution in [2.45, 2.75) is 131 Å². The zero-order chi connectivity index (χ0) is 41.0. The lowest BCUT2D eigenvalue weighted by Gasteiger charge is -2.27.